The molecule has 0 bridgehead atoms. The molecule has 1 N–H and O–H groups in total. The van der Waals surface area contributed by atoms with E-state index in [1.165, 1.54) is 16.8 Å². The van der Waals surface area contributed by atoms with E-state index < -0.39 is 0 Å². The van der Waals surface area contributed by atoms with Crippen LogP contribution in [-0.2, 0) is 0 Å². The van der Waals surface area contributed by atoms with Crippen LogP contribution in [0.5, 0.6) is 0 Å². The number of halogens is 1. The van der Waals surface area contributed by atoms with Gasteiger partial charge in [-0.2, -0.15) is 4.68 Å². The average Bonchev–Trinajstić information content (AvgIpc) is 2.69. The van der Waals surface area contributed by atoms with Crippen LogP contribution >= 0.6 is 0 Å². The highest BCUT2D eigenvalue weighted by atomic mass is 19.1. The minimum Gasteiger partial charge on any atom is -0.244 e. The van der Waals surface area contributed by atoms with Crippen LogP contribution in [0.1, 0.15) is 24.9 Å². The molecule has 5 nitrogen and oxygen atoms in total. The van der Waals surface area contributed by atoms with Gasteiger partial charge < -0.3 is 0 Å². The van der Waals surface area contributed by atoms with Gasteiger partial charge in [-0.1, -0.05) is 19.1 Å². The van der Waals surface area contributed by atoms with Crippen molar-refractivity contribution in [3.8, 4) is 0 Å². The molecule has 0 fully saturated rings. The number of nitrogens with one attached hydrogen (secondary N) is 1. The molecule has 2 aromatic rings. The van der Waals surface area contributed by atoms with Gasteiger partial charge in [0.05, 0.1) is 6.04 Å². The maximum Gasteiger partial charge on any atom is 0.361 e. The van der Waals surface area contributed by atoms with Crippen LogP contribution in [0, 0.1) is 5.82 Å². The van der Waals surface area contributed by atoms with E-state index in [2.05, 4.69) is 15.5 Å². The Balaban J connectivity index is 2.40. The molecule has 1 unspecified atom stereocenters. The first-order valence-corrected chi connectivity index (χ1v) is 4.97. The Morgan fingerprint density at radius 2 is 2.12 bits per heavy atom. The summed E-state index contributed by atoms with van der Waals surface area (Å²) >= 11 is 0. The fourth-order valence-electron chi connectivity index (χ4n) is 1.64. The van der Waals surface area contributed by atoms with E-state index in [1.54, 1.807) is 12.1 Å². The Morgan fingerprint density at radius 3 is 2.62 bits per heavy atom. The predicted molar refractivity (Wildman–Crippen MR) is 55.5 cm³/mol. The molecule has 0 aliphatic rings. The van der Waals surface area contributed by atoms with Gasteiger partial charge in [0.1, 0.15) is 5.82 Å². The molecule has 16 heavy (non-hydrogen) atoms. The molecule has 1 atom stereocenters. The van der Waals surface area contributed by atoms with E-state index in [1.807, 2.05) is 6.92 Å². The number of H-pyrrole nitrogens is 1. The number of aromatic amines is 1. The van der Waals surface area contributed by atoms with Crippen LogP contribution in [-0.4, -0.2) is 20.2 Å². The van der Waals surface area contributed by atoms with Crippen molar-refractivity contribution in [3.63, 3.8) is 0 Å². The Kier molecular flexibility index (Phi) is 2.80. The molecule has 0 radical (unpaired) electrons. The van der Waals surface area contributed by atoms with Crippen molar-refractivity contribution in [3.05, 3.63) is 46.1 Å². The molecule has 0 saturated heterocycles. The summed E-state index contributed by atoms with van der Waals surface area (Å²) in [4.78, 5) is 11.4. The van der Waals surface area contributed by atoms with Crippen LogP contribution in [0.25, 0.3) is 0 Å². The van der Waals surface area contributed by atoms with Crippen LogP contribution < -0.4 is 5.69 Å². The monoisotopic (exact) mass is 222 g/mol. The van der Waals surface area contributed by atoms with Crippen molar-refractivity contribution >= 4 is 0 Å². The lowest BCUT2D eigenvalue weighted by atomic mass is 10.1. The second-order valence-electron chi connectivity index (χ2n) is 3.43. The minimum absolute atomic E-state index is 0.216. The second kappa shape index (κ2) is 4.26. The lowest BCUT2D eigenvalue weighted by Gasteiger charge is -2.13. The highest BCUT2D eigenvalue weighted by Gasteiger charge is 2.15. The largest absolute Gasteiger partial charge is 0.361 e. The first kappa shape index (κ1) is 10.5. The lowest BCUT2D eigenvalue weighted by Crippen LogP contribution is -2.24. The summed E-state index contributed by atoms with van der Waals surface area (Å²) in [6.45, 7) is 1.93. The summed E-state index contributed by atoms with van der Waals surface area (Å²) in [5, 5.41) is 9.36. The molecule has 1 aromatic carbocycles. The Hall–Kier alpha value is -1.98. The number of benzene rings is 1. The topological polar surface area (TPSA) is 63.6 Å². The molecular weight excluding hydrogens is 211 g/mol. The first-order valence-electron chi connectivity index (χ1n) is 4.97. The van der Waals surface area contributed by atoms with Gasteiger partial charge in [0.2, 0.25) is 0 Å². The van der Waals surface area contributed by atoms with Crippen molar-refractivity contribution < 1.29 is 4.39 Å². The van der Waals surface area contributed by atoms with Crippen LogP contribution in [0.3, 0.4) is 0 Å². The predicted octanol–water partition coefficient (Wildman–Crippen LogP) is 1.10. The van der Waals surface area contributed by atoms with Crippen molar-refractivity contribution in [1.29, 1.82) is 0 Å². The van der Waals surface area contributed by atoms with E-state index in [0.29, 0.717) is 6.42 Å². The summed E-state index contributed by atoms with van der Waals surface area (Å²) in [5.41, 5.74) is 0.469. The van der Waals surface area contributed by atoms with E-state index >= 15 is 0 Å². The third-order valence-electron chi connectivity index (χ3n) is 2.43. The zero-order chi connectivity index (χ0) is 11.5. The van der Waals surface area contributed by atoms with Crippen LogP contribution in [0.15, 0.2) is 29.1 Å². The number of tetrazole rings is 1. The van der Waals surface area contributed by atoms with Crippen LogP contribution in [0.4, 0.5) is 4.39 Å². The fraction of sp³-hybridized carbons (Fsp3) is 0.300. The van der Waals surface area contributed by atoms with E-state index in [0.717, 1.165) is 5.56 Å². The van der Waals surface area contributed by atoms with Gasteiger partial charge in [0, 0.05) is 0 Å². The highest BCUT2D eigenvalue weighted by Crippen LogP contribution is 2.19. The normalized spacial score (nSPS) is 12.6. The summed E-state index contributed by atoms with van der Waals surface area (Å²) < 4.78 is 14.0. The lowest BCUT2D eigenvalue weighted by molar-refractivity contribution is 0.480. The Labute approximate surface area is 90.9 Å². The highest BCUT2D eigenvalue weighted by molar-refractivity contribution is 5.20. The molecule has 1 aromatic heterocycles. The molecule has 0 aliphatic heterocycles. The summed E-state index contributed by atoms with van der Waals surface area (Å²) in [7, 11) is 0. The third-order valence-corrected chi connectivity index (χ3v) is 2.43. The fourth-order valence-corrected chi connectivity index (χ4v) is 1.64. The van der Waals surface area contributed by atoms with Crippen molar-refractivity contribution in [1.82, 2.24) is 20.2 Å². The van der Waals surface area contributed by atoms with E-state index in [4.69, 9.17) is 0 Å². The van der Waals surface area contributed by atoms with E-state index in [-0.39, 0.29) is 17.5 Å². The van der Waals surface area contributed by atoms with Crippen molar-refractivity contribution in [2.75, 3.05) is 0 Å². The smallest absolute Gasteiger partial charge is 0.244 e. The van der Waals surface area contributed by atoms with Gasteiger partial charge in [-0.15, -0.1) is 0 Å². The number of hydrogen-bond donors (Lipinski definition) is 1. The molecule has 0 amide bonds. The number of rotatable bonds is 3. The standard InChI is InChI=1S/C10H11FN4O/c1-2-9(15-10(16)12-13-14-15)7-3-5-8(11)6-4-7/h3-6,9H,2H2,1H3,(H,12,14,16). The zero-order valence-corrected chi connectivity index (χ0v) is 8.72. The van der Waals surface area contributed by atoms with Crippen LogP contribution in [0.2, 0.25) is 0 Å². The van der Waals surface area contributed by atoms with Gasteiger partial charge in [0.25, 0.3) is 0 Å². The van der Waals surface area contributed by atoms with Gasteiger partial charge >= 0.3 is 5.69 Å². The maximum absolute atomic E-state index is 12.8. The molecule has 0 saturated carbocycles. The molecule has 0 spiro atoms. The third kappa shape index (κ3) is 1.86. The summed E-state index contributed by atoms with van der Waals surface area (Å²) in [5.74, 6) is -0.300. The van der Waals surface area contributed by atoms with Gasteiger partial charge in [-0.25, -0.2) is 14.3 Å². The quantitative estimate of drug-likeness (QED) is 0.845. The SMILES string of the molecule is CCC(c1ccc(F)cc1)n1nn[nH]c1=O. The number of aromatic nitrogens is 4. The molecule has 1 heterocycles. The first-order chi connectivity index (χ1) is 7.72. The molecule has 0 aliphatic carbocycles. The molecule has 6 heteroatoms. The van der Waals surface area contributed by atoms with Gasteiger partial charge in [-0.3, -0.25) is 0 Å². The minimum atomic E-state index is -0.365. The van der Waals surface area contributed by atoms with E-state index in [9.17, 15) is 9.18 Å². The second-order valence-corrected chi connectivity index (χ2v) is 3.43. The summed E-state index contributed by atoms with van der Waals surface area (Å²) in [6.07, 6.45) is 0.679. The molecular formula is C10H11FN4O. The summed E-state index contributed by atoms with van der Waals surface area (Å²) in [6, 6.07) is 5.80. The number of hydrogen-bond acceptors (Lipinski definition) is 3. The molecule has 84 valence electrons. The zero-order valence-electron chi connectivity index (χ0n) is 8.72. The van der Waals surface area contributed by atoms with Crippen molar-refractivity contribution in [2.45, 2.75) is 19.4 Å². The van der Waals surface area contributed by atoms with Gasteiger partial charge in [0.15, 0.2) is 0 Å². The number of nitrogens with zero attached hydrogens (tertiary/aromatic N) is 3. The average molecular weight is 222 g/mol. The van der Waals surface area contributed by atoms with Crippen molar-refractivity contribution in [2.24, 2.45) is 0 Å². The Bertz CT molecular complexity index is 516. The van der Waals surface area contributed by atoms with Gasteiger partial charge in [-0.05, 0) is 34.5 Å². The maximum atomic E-state index is 12.8. The Morgan fingerprint density at radius 1 is 1.44 bits per heavy atom. The molecule has 2 rings (SSSR count).